The molecule has 0 aromatic carbocycles. The Bertz CT molecular complexity index is 1150. The predicted molar refractivity (Wildman–Crippen MR) is 161 cm³/mol. The lowest BCUT2D eigenvalue weighted by Gasteiger charge is -2.72. The molecule has 43 heavy (non-hydrogen) atoms. The highest BCUT2D eigenvalue weighted by Crippen LogP contribution is 2.76. The van der Waals surface area contributed by atoms with Gasteiger partial charge in [-0.25, -0.2) is 0 Å². The summed E-state index contributed by atoms with van der Waals surface area (Å²) in [6, 6.07) is 0. The third kappa shape index (κ3) is 4.32. The van der Waals surface area contributed by atoms with Crippen LogP contribution in [-0.4, -0.2) is 75.4 Å². The molecule has 8 heteroatoms. The molecule has 1 aliphatic heterocycles. The van der Waals surface area contributed by atoms with Gasteiger partial charge in [0.15, 0.2) is 6.29 Å². The minimum Gasteiger partial charge on any atom is -0.481 e. The van der Waals surface area contributed by atoms with Gasteiger partial charge in [0.05, 0.1) is 24.7 Å². The van der Waals surface area contributed by atoms with E-state index in [1.54, 1.807) is 0 Å². The molecule has 0 spiro atoms. The number of aliphatic hydroxyl groups excluding tert-OH is 4. The first kappa shape index (κ1) is 31.9. The smallest absolute Gasteiger partial charge is 0.310 e. The first-order chi connectivity index (χ1) is 20.0. The first-order valence-corrected chi connectivity index (χ1v) is 16.9. The number of allylic oxidation sites excluding steroid dienone is 2. The van der Waals surface area contributed by atoms with E-state index in [2.05, 4.69) is 47.6 Å². The zero-order valence-corrected chi connectivity index (χ0v) is 27.1. The number of carbonyl (C=O) groups is 1. The molecule has 0 aromatic rings. The fraction of sp³-hybridized carbons (Fsp3) is 0.914. The van der Waals surface area contributed by atoms with Gasteiger partial charge in [-0.2, -0.15) is 0 Å². The van der Waals surface area contributed by atoms with E-state index in [0.717, 1.165) is 64.2 Å². The number of aliphatic hydroxyl groups is 4. The van der Waals surface area contributed by atoms with E-state index in [9.17, 15) is 30.3 Å². The molecule has 6 aliphatic rings. The highest BCUT2D eigenvalue weighted by atomic mass is 16.7. The number of rotatable bonds is 5. The van der Waals surface area contributed by atoms with Crippen molar-refractivity contribution in [3.63, 3.8) is 0 Å². The van der Waals surface area contributed by atoms with Crippen LogP contribution in [0.15, 0.2) is 11.6 Å². The zero-order valence-electron chi connectivity index (χ0n) is 27.1. The molecule has 0 aromatic heterocycles. The molecule has 5 N–H and O–H groups in total. The average Bonchev–Trinajstić information content (AvgIpc) is 2.95. The van der Waals surface area contributed by atoms with Crippen molar-refractivity contribution in [2.45, 2.75) is 136 Å². The van der Waals surface area contributed by atoms with E-state index in [0.29, 0.717) is 18.4 Å². The van der Waals surface area contributed by atoms with Crippen molar-refractivity contribution in [3.8, 4) is 0 Å². The summed E-state index contributed by atoms with van der Waals surface area (Å²) < 4.78 is 12.5. The lowest BCUT2D eigenvalue weighted by atomic mass is 9.33. The molecule has 0 radical (unpaired) electrons. The molecule has 0 unspecified atom stereocenters. The normalized spacial score (nSPS) is 50.8. The van der Waals surface area contributed by atoms with E-state index in [4.69, 9.17) is 9.47 Å². The Hall–Kier alpha value is -1.03. The largest absolute Gasteiger partial charge is 0.481 e. The highest BCUT2D eigenvalue weighted by Gasteiger charge is 2.70. The Labute approximate surface area is 257 Å². The van der Waals surface area contributed by atoms with Crippen molar-refractivity contribution >= 4 is 5.97 Å². The molecule has 4 saturated carbocycles. The summed E-state index contributed by atoms with van der Waals surface area (Å²) in [5.74, 6) is 0.331. The molecule has 8 nitrogen and oxygen atoms in total. The van der Waals surface area contributed by atoms with Gasteiger partial charge in [-0.05, 0) is 104 Å². The molecule has 6 rings (SSSR count). The van der Waals surface area contributed by atoms with Crippen LogP contribution in [-0.2, 0) is 14.3 Å². The summed E-state index contributed by atoms with van der Waals surface area (Å²) in [6.07, 6.45) is 6.18. The second kappa shape index (κ2) is 10.2. The molecule has 5 aliphatic carbocycles. The fourth-order valence-electron chi connectivity index (χ4n) is 12.0. The number of ether oxygens (including phenoxy) is 2. The zero-order chi connectivity index (χ0) is 31.4. The van der Waals surface area contributed by atoms with Crippen LogP contribution in [0.25, 0.3) is 0 Å². The number of carboxylic acids is 1. The van der Waals surface area contributed by atoms with E-state index in [-0.39, 0.29) is 39.1 Å². The minimum atomic E-state index is -1.56. The second-order valence-electron chi connectivity index (χ2n) is 17.3. The fourth-order valence-corrected chi connectivity index (χ4v) is 12.0. The Morgan fingerprint density at radius 3 is 2.30 bits per heavy atom. The lowest BCUT2D eigenvalue weighted by Crippen LogP contribution is -2.68. The summed E-state index contributed by atoms with van der Waals surface area (Å²) >= 11 is 0. The van der Waals surface area contributed by atoms with E-state index < -0.39 is 42.6 Å². The van der Waals surface area contributed by atoms with Crippen molar-refractivity contribution in [2.24, 2.45) is 50.2 Å². The maximum Gasteiger partial charge on any atom is 0.310 e. The van der Waals surface area contributed by atoms with Gasteiger partial charge >= 0.3 is 5.97 Å². The summed E-state index contributed by atoms with van der Waals surface area (Å²) in [6.45, 7) is 14.1. The van der Waals surface area contributed by atoms with Crippen LogP contribution in [0.1, 0.15) is 106 Å². The van der Waals surface area contributed by atoms with Crippen molar-refractivity contribution in [2.75, 3.05) is 13.2 Å². The van der Waals surface area contributed by atoms with Gasteiger partial charge in [0, 0.05) is 5.41 Å². The van der Waals surface area contributed by atoms with Crippen molar-refractivity contribution < 1.29 is 39.8 Å². The van der Waals surface area contributed by atoms with Crippen LogP contribution in [0.4, 0.5) is 0 Å². The van der Waals surface area contributed by atoms with Gasteiger partial charge in [0.25, 0.3) is 0 Å². The lowest BCUT2D eigenvalue weighted by molar-refractivity contribution is -0.340. The Morgan fingerprint density at radius 1 is 0.930 bits per heavy atom. The number of fused-ring (bicyclic) bond motifs is 9. The molecular weight excluding hydrogens is 548 g/mol. The Morgan fingerprint density at radius 2 is 1.63 bits per heavy atom. The summed E-state index contributed by atoms with van der Waals surface area (Å²) in [5.41, 5.74) is 0.800. The first-order valence-electron chi connectivity index (χ1n) is 16.9. The van der Waals surface area contributed by atoms with Crippen LogP contribution in [0.2, 0.25) is 0 Å². The van der Waals surface area contributed by atoms with Gasteiger partial charge in [0.2, 0.25) is 0 Å². The van der Waals surface area contributed by atoms with Crippen LogP contribution in [0.5, 0.6) is 0 Å². The third-order valence-corrected chi connectivity index (χ3v) is 14.9. The van der Waals surface area contributed by atoms with E-state index >= 15 is 0 Å². The van der Waals surface area contributed by atoms with E-state index in [1.165, 1.54) is 5.57 Å². The quantitative estimate of drug-likeness (QED) is 0.286. The molecule has 0 bridgehead atoms. The third-order valence-electron chi connectivity index (χ3n) is 14.9. The van der Waals surface area contributed by atoms with Crippen molar-refractivity contribution in [1.29, 1.82) is 0 Å². The average molecular weight is 605 g/mol. The molecule has 5 fully saturated rings. The summed E-state index contributed by atoms with van der Waals surface area (Å²) in [5, 5.41) is 50.7. The Kier molecular flexibility index (Phi) is 7.60. The SMILES string of the molecule is CC1(C)CC[C@]2(C(=O)O)CC[C@]3(C)C(=CC[C@@H]4[C@@]5(C)CC[C@@H]6O[C@@H]([C@H](O)[C@@H](O)[C@@H](O)CO)OC[C@@]6(C)[C@@H]5CC[C@]43C)[C@@H]2C1. The van der Waals surface area contributed by atoms with Crippen LogP contribution in [0.3, 0.4) is 0 Å². The van der Waals surface area contributed by atoms with Gasteiger partial charge in [-0.15, -0.1) is 0 Å². The summed E-state index contributed by atoms with van der Waals surface area (Å²) in [4.78, 5) is 12.9. The molecule has 1 saturated heterocycles. The van der Waals surface area contributed by atoms with Crippen molar-refractivity contribution in [1.82, 2.24) is 0 Å². The standard InChI is InChI=1S/C35H56O8/c1-30(2)13-15-35(29(40)41)16-14-33(5)20(21(35)17-30)7-8-24-31(3)11-10-25-32(4,23(31)9-12-34(24,33)6)19-42-28(43-25)27(39)26(38)22(37)18-36/h7,21-28,36-39H,8-19H2,1-6H3,(H,40,41)/t21-,22-,23+,24+,25-,26-,27+,28-,31-,32-,33+,34+,35-/m0/s1. The second-order valence-corrected chi connectivity index (χ2v) is 17.3. The molecule has 1 heterocycles. The van der Waals surface area contributed by atoms with Gasteiger partial charge in [-0.3, -0.25) is 4.79 Å². The molecular formula is C35H56O8. The van der Waals surface area contributed by atoms with Crippen LogP contribution >= 0.6 is 0 Å². The predicted octanol–water partition coefficient (Wildman–Crippen LogP) is 4.67. The van der Waals surface area contributed by atoms with E-state index in [1.807, 2.05) is 0 Å². The topological polar surface area (TPSA) is 137 Å². The van der Waals surface area contributed by atoms with Crippen molar-refractivity contribution in [3.05, 3.63) is 11.6 Å². The molecule has 244 valence electrons. The summed E-state index contributed by atoms with van der Waals surface area (Å²) in [7, 11) is 0. The number of hydrogen-bond donors (Lipinski definition) is 5. The van der Waals surface area contributed by atoms with Gasteiger partial charge in [0.1, 0.15) is 18.3 Å². The minimum absolute atomic E-state index is 0.0306. The highest BCUT2D eigenvalue weighted by molar-refractivity contribution is 5.76. The van der Waals surface area contributed by atoms with Crippen LogP contribution < -0.4 is 0 Å². The molecule has 13 atom stereocenters. The molecule has 0 amide bonds. The van der Waals surface area contributed by atoms with Crippen LogP contribution in [0, 0.1) is 50.2 Å². The maximum atomic E-state index is 12.9. The van der Waals surface area contributed by atoms with Gasteiger partial charge in [-0.1, -0.05) is 53.2 Å². The Balaban J connectivity index is 1.29. The number of carboxylic acid groups (broad SMARTS) is 1. The number of hydrogen-bond acceptors (Lipinski definition) is 7. The monoisotopic (exact) mass is 604 g/mol. The van der Waals surface area contributed by atoms with Gasteiger partial charge < -0.3 is 35.0 Å². The maximum absolute atomic E-state index is 12.9. The number of aliphatic carboxylic acids is 1.